The van der Waals surface area contributed by atoms with E-state index in [2.05, 4.69) is 13.0 Å². The maximum atomic E-state index is 9.87. The minimum absolute atomic E-state index is 0.362. The molecule has 0 aliphatic heterocycles. The summed E-state index contributed by atoms with van der Waals surface area (Å²) in [6.45, 7) is 4.74. The van der Waals surface area contributed by atoms with Crippen LogP contribution in [0.2, 0.25) is 0 Å². The quantitative estimate of drug-likeness (QED) is 0.769. The van der Waals surface area contributed by atoms with Gasteiger partial charge >= 0.3 is 0 Å². The SMILES string of the molecule is Cc1ccc(C(O)CCCN)c(C)c1. The molecule has 1 atom stereocenters. The second-order valence-electron chi connectivity index (χ2n) is 3.81. The monoisotopic (exact) mass is 193 g/mol. The summed E-state index contributed by atoms with van der Waals surface area (Å²) in [4.78, 5) is 0. The van der Waals surface area contributed by atoms with E-state index in [1.807, 2.05) is 19.1 Å². The average Bonchev–Trinajstić information content (AvgIpc) is 2.14. The van der Waals surface area contributed by atoms with Crippen LogP contribution < -0.4 is 5.73 Å². The van der Waals surface area contributed by atoms with Gasteiger partial charge in [0.25, 0.3) is 0 Å². The van der Waals surface area contributed by atoms with E-state index in [4.69, 9.17) is 5.73 Å². The van der Waals surface area contributed by atoms with Gasteiger partial charge in [-0.25, -0.2) is 0 Å². The van der Waals surface area contributed by atoms with Crippen molar-refractivity contribution in [2.75, 3.05) is 6.54 Å². The molecular weight excluding hydrogens is 174 g/mol. The van der Waals surface area contributed by atoms with Gasteiger partial charge in [0, 0.05) is 0 Å². The summed E-state index contributed by atoms with van der Waals surface area (Å²) in [5.41, 5.74) is 8.83. The molecule has 1 unspecified atom stereocenters. The molecule has 2 heteroatoms. The van der Waals surface area contributed by atoms with Crippen molar-refractivity contribution in [3.05, 3.63) is 34.9 Å². The Hall–Kier alpha value is -0.860. The highest BCUT2D eigenvalue weighted by atomic mass is 16.3. The van der Waals surface area contributed by atoms with Crippen LogP contribution in [0.1, 0.15) is 35.6 Å². The predicted molar refractivity (Wildman–Crippen MR) is 59.2 cm³/mol. The topological polar surface area (TPSA) is 46.2 Å². The minimum Gasteiger partial charge on any atom is -0.388 e. The Morgan fingerprint density at radius 3 is 2.64 bits per heavy atom. The van der Waals surface area contributed by atoms with E-state index in [1.165, 1.54) is 5.56 Å². The number of hydrogen-bond acceptors (Lipinski definition) is 2. The van der Waals surface area contributed by atoms with Gasteiger partial charge in [-0.15, -0.1) is 0 Å². The smallest absolute Gasteiger partial charge is 0.0793 e. The number of aliphatic hydroxyl groups excluding tert-OH is 1. The predicted octanol–water partition coefficient (Wildman–Crippen LogP) is 2.08. The molecule has 0 aliphatic carbocycles. The van der Waals surface area contributed by atoms with Crippen LogP contribution in [0, 0.1) is 13.8 Å². The number of aryl methyl sites for hydroxylation is 2. The average molecular weight is 193 g/mol. The van der Waals surface area contributed by atoms with Crippen molar-refractivity contribution in [1.29, 1.82) is 0 Å². The van der Waals surface area contributed by atoms with Crippen molar-refractivity contribution >= 4 is 0 Å². The fourth-order valence-electron chi connectivity index (χ4n) is 1.67. The molecule has 0 aliphatic rings. The standard InChI is InChI=1S/C12H19NO/c1-9-5-6-11(10(2)8-9)12(14)4-3-7-13/h5-6,8,12,14H,3-4,7,13H2,1-2H3. The fraction of sp³-hybridized carbons (Fsp3) is 0.500. The Balaban J connectivity index is 2.74. The molecule has 0 bridgehead atoms. The van der Waals surface area contributed by atoms with Crippen molar-refractivity contribution in [3.8, 4) is 0 Å². The van der Waals surface area contributed by atoms with E-state index in [9.17, 15) is 5.11 Å². The lowest BCUT2D eigenvalue weighted by atomic mass is 9.98. The molecule has 14 heavy (non-hydrogen) atoms. The fourth-order valence-corrected chi connectivity index (χ4v) is 1.67. The number of benzene rings is 1. The molecule has 3 N–H and O–H groups in total. The van der Waals surface area contributed by atoms with Crippen LogP contribution in [0.4, 0.5) is 0 Å². The third-order valence-corrected chi connectivity index (χ3v) is 2.47. The summed E-state index contributed by atoms with van der Waals surface area (Å²) >= 11 is 0. The summed E-state index contributed by atoms with van der Waals surface area (Å²) in [6, 6.07) is 6.14. The van der Waals surface area contributed by atoms with Crippen LogP contribution >= 0.6 is 0 Å². The number of aliphatic hydroxyl groups is 1. The van der Waals surface area contributed by atoms with Crippen LogP contribution in [-0.2, 0) is 0 Å². The molecule has 0 saturated heterocycles. The lowest BCUT2D eigenvalue weighted by Gasteiger charge is -2.13. The Morgan fingerprint density at radius 2 is 2.07 bits per heavy atom. The van der Waals surface area contributed by atoms with Gasteiger partial charge in [0.05, 0.1) is 6.10 Å². The molecule has 1 aromatic carbocycles. The van der Waals surface area contributed by atoms with Crippen LogP contribution in [-0.4, -0.2) is 11.7 Å². The van der Waals surface area contributed by atoms with Gasteiger partial charge in [-0.3, -0.25) is 0 Å². The molecule has 1 rings (SSSR count). The molecule has 0 fully saturated rings. The van der Waals surface area contributed by atoms with E-state index in [0.717, 1.165) is 24.0 Å². The Kier molecular flexibility index (Phi) is 4.11. The summed E-state index contributed by atoms with van der Waals surface area (Å²) in [6.07, 6.45) is 1.26. The van der Waals surface area contributed by atoms with Crippen molar-refractivity contribution in [2.45, 2.75) is 32.8 Å². The summed E-state index contributed by atoms with van der Waals surface area (Å²) in [7, 11) is 0. The van der Waals surface area contributed by atoms with Gasteiger partial charge in [-0.1, -0.05) is 23.8 Å². The number of rotatable bonds is 4. The largest absolute Gasteiger partial charge is 0.388 e. The first-order valence-corrected chi connectivity index (χ1v) is 5.10. The second-order valence-corrected chi connectivity index (χ2v) is 3.81. The normalized spacial score (nSPS) is 12.9. The van der Waals surface area contributed by atoms with Crippen LogP contribution in [0.15, 0.2) is 18.2 Å². The maximum absolute atomic E-state index is 9.87. The van der Waals surface area contributed by atoms with E-state index in [1.54, 1.807) is 0 Å². The maximum Gasteiger partial charge on any atom is 0.0793 e. The lowest BCUT2D eigenvalue weighted by molar-refractivity contribution is 0.164. The minimum atomic E-state index is -0.362. The Labute approximate surface area is 85.8 Å². The molecule has 0 heterocycles. The second kappa shape index (κ2) is 5.13. The van der Waals surface area contributed by atoms with E-state index in [-0.39, 0.29) is 6.10 Å². The first-order chi connectivity index (χ1) is 6.65. The zero-order valence-electron chi connectivity index (χ0n) is 8.96. The molecule has 78 valence electrons. The summed E-state index contributed by atoms with van der Waals surface area (Å²) in [5, 5.41) is 9.87. The first-order valence-electron chi connectivity index (χ1n) is 5.10. The van der Waals surface area contributed by atoms with Crippen molar-refractivity contribution in [2.24, 2.45) is 5.73 Å². The molecule has 0 saturated carbocycles. The molecule has 0 spiro atoms. The zero-order chi connectivity index (χ0) is 10.6. The van der Waals surface area contributed by atoms with Gasteiger partial charge in [0.1, 0.15) is 0 Å². The molecule has 1 aromatic rings. The van der Waals surface area contributed by atoms with E-state index >= 15 is 0 Å². The van der Waals surface area contributed by atoms with Crippen molar-refractivity contribution in [1.82, 2.24) is 0 Å². The van der Waals surface area contributed by atoms with Crippen molar-refractivity contribution in [3.63, 3.8) is 0 Å². The van der Waals surface area contributed by atoms with Crippen LogP contribution in [0.5, 0.6) is 0 Å². The van der Waals surface area contributed by atoms with Gasteiger partial charge < -0.3 is 10.8 Å². The van der Waals surface area contributed by atoms with Crippen molar-refractivity contribution < 1.29 is 5.11 Å². The highest BCUT2D eigenvalue weighted by molar-refractivity contribution is 5.31. The highest BCUT2D eigenvalue weighted by Crippen LogP contribution is 2.22. The van der Waals surface area contributed by atoms with Gasteiger partial charge in [0.15, 0.2) is 0 Å². The molecular formula is C12H19NO. The third kappa shape index (κ3) is 2.82. The molecule has 2 nitrogen and oxygen atoms in total. The summed E-state index contributed by atoms with van der Waals surface area (Å²) in [5.74, 6) is 0. The van der Waals surface area contributed by atoms with E-state index in [0.29, 0.717) is 6.54 Å². The number of hydrogen-bond donors (Lipinski definition) is 2. The van der Waals surface area contributed by atoms with Gasteiger partial charge in [0.2, 0.25) is 0 Å². The van der Waals surface area contributed by atoms with Gasteiger partial charge in [-0.05, 0) is 44.4 Å². The Morgan fingerprint density at radius 1 is 1.36 bits per heavy atom. The zero-order valence-corrected chi connectivity index (χ0v) is 8.96. The first kappa shape index (κ1) is 11.2. The summed E-state index contributed by atoms with van der Waals surface area (Å²) < 4.78 is 0. The van der Waals surface area contributed by atoms with Gasteiger partial charge in [-0.2, -0.15) is 0 Å². The lowest BCUT2D eigenvalue weighted by Crippen LogP contribution is -2.05. The molecule has 0 radical (unpaired) electrons. The number of nitrogens with two attached hydrogens (primary N) is 1. The molecule has 0 amide bonds. The Bertz CT molecular complexity index is 296. The highest BCUT2D eigenvalue weighted by Gasteiger charge is 2.09. The van der Waals surface area contributed by atoms with Crippen LogP contribution in [0.3, 0.4) is 0 Å². The van der Waals surface area contributed by atoms with E-state index < -0.39 is 0 Å². The molecule has 0 aromatic heterocycles. The van der Waals surface area contributed by atoms with Crippen LogP contribution in [0.25, 0.3) is 0 Å². The third-order valence-electron chi connectivity index (χ3n) is 2.47.